The summed E-state index contributed by atoms with van der Waals surface area (Å²) in [5.41, 5.74) is 3.31. The van der Waals surface area contributed by atoms with E-state index in [1.807, 2.05) is 48.0 Å². The highest BCUT2D eigenvalue weighted by molar-refractivity contribution is 6.10. The Morgan fingerprint density at radius 1 is 0.862 bits per heavy atom. The first-order valence-electron chi connectivity index (χ1n) is 9.22. The second-order valence-electron chi connectivity index (χ2n) is 7.02. The van der Waals surface area contributed by atoms with Crippen molar-refractivity contribution in [3.8, 4) is 0 Å². The zero-order chi connectivity index (χ0) is 20.1. The van der Waals surface area contributed by atoms with E-state index in [0.29, 0.717) is 10.8 Å². The van der Waals surface area contributed by atoms with Crippen LogP contribution in [0.2, 0.25) is 0 Å². The summed E-state index contributed by atoms with van der Waals surface area (Å²) in [4.78, 5) is 0. The van der Waals surface area contributed by atoms with Crippen molar-refractivity contribution < 1.29 is 8.78 Å². The molecule has 4 aromatic rings. The number of allylic oxidation sites excluding steroid dienone is 2. The molecule has 3 aromatic carbocycles. The molecule has 0 spiro atoms. The van der Waals surface area contributed by atoms with E-state index < -0.39 is 0 Å². The first kappa shape index (κ1) is 17.4. The van der Waals surface area contributed by atoms with Crippen LogP contribution in [0.5, 0.6) is 0 Å². The van der Waals surface area contributed by atoms with E-state index in [1.54, 1.807) is 17.1 Å². The molecule has 1 aromatic heterocycles. The molecule has 0 atom stereocenters. The molecule has 0 aliphatic carbocycles. The molecule has 142 valence electrons. The van der Waals surface area contributed by atoms with E-state index in [4.69, 9.17) is 0 Å². The number of benzene rings is 3. The van der Waals surface area contributed by atoms with E-state index in [1.165, 1.54) is 24.3 Å². The van der Waals surface area contributed by atoms with Crippen LogP contribution >= 0.6 is 0 Å². The van der Waals surface area contributed by atoms with Crippen LogP contribution in [-0.2, 0) is 0 Å². The van der Waals surface area contributed by atoms with Gasteiger partial charge in [-0.3, -0.25) is 0 Å². The Bertz CT molecular complexity index is 1400. The maximum atomic E-state index is 14.0. The number of hydrogen-bond donors (Lipinski definition) is 0. The standard InChI is InChI=1S/C24H17F2N3/c1-15(24-11-16-5-3-4-6-17(16)14-28(24)27-2)29-22-9-7-18(25)12-20(22)21-13-19(26)8-10-23(21)29/h3-14H,2H2,1H3/b24-15+. The second-order valence-corrected chi connectivity index (χ2v) is 7.02. The smallest absolute Gasteiger partial charge is 0.123 e. The van der Waals surface area contributed by atoms with E-state index in [9.17, 15) is 8.78 Å². The third-order valence-corrected chi connectivity index (χ3v) is 5.34. The molecule has 0 saturated heterocycles. The van der Waals surface area contributed by atoms with Crippen LogP contribution in [0.15, 0.2) is 71.5 Å². The monoisotopic (exact) mass is 385 g/mol. The number of hydrogen-bond acceptors (Lipinski definition) is 2. The lowest BCUT2D eigenvalue weighted by atomic mass is 10.1. The lowest BCUT2D eigenvalue weighted by Crippen LogP contribution is -2.32. The van der Waals surface area contributed by atoms with Crippen molar-refractivity contribution in [1.29, 1.82) is 0 Å². The van der Waals surface area contributed by atoms with Gasteiger partial charge in [0.2, 0.25) is 0 Å². The Balaban J connectivity index is 1.89. The zero-order valence-electron chi connectivity index (χ0n) is 15.7. The van der Waals surface area contributed by atoms with Gasteiger partial charge in [-0.25, -0.2) is 13.8 Å². The van der Waals surface area contributed by atoms with Gasteiger partial charge in [0, 0.05) is 34.6 Å². The summed E-state index contributed by atoms with van der Waals surface area (Å²) < 4.78 is 29.9. The van der Waals surface area contributed by atoms with Crippen molar-refractivity contribution >= 4 is 46.5 Å². The summed E-state index contributed by atoms with van der Waals surface area (Å²) in [5.74, 6) is -0.709. The molecule has 5 heteroatoms. The first-order chi connectivity index (χ1) is 14.1. The molecule has 0 saturated carbocycles. The highest BCUT2D eigenvalue weighted by Gasteiger charge is 2.18. The average molecular weight is 385 g/mol. The second kappa shape index (κ2) is 6.41. The average Bonchev–Trinajstić information content (AvgIpc) is 3.05. The van der Waals surface area contributed by atoms with Gasteiger partial charge in [0.25, 0.3) is 0 Å². The minimum atomic E-state index is -0.355. The summed E-state index contributed by atoms with van der Waals surface area (Å²) in [6, 6.07) is 17.2. The van der Waals surface area contributed by atoms with Gasteiger partial charge in [-0.1, -0.05) is 24.3 Å². The molecule has 0 N–H and O–H groups in total. The largest absolute Gasteiger partial charge is 0.311 e. The summed E-state index contributed by atoms with van der Waals surface area (Å²) in [7, 11) is 0. The Morgan fingerprint density at radius 3 is 2.03 bits per heavy atom. The van der Waals surface area contributed by atoms with E-state index in [0.717, 1.165) is 32.9 Å². The SMILES string of the molecule is C=NN1C=c2ccccc2=C/C1=C(/C)n1c2ccc(F)cc2c2cc(F)ccc21. The minimum absolute atomic E-state index is 0.355. The molecule has 0 unspecified atom stereocenters. The van der Waals surface area contributed by atoms with Crippen LogP contribution in [0.4, 0.5) is 8.78 Å². The van der Waals surface area contributed by atoms with Crippen LogP contribution in [-0.4, -0.2) is 16.3 Å². The highest BCUT2D eigenvalue weighted by Crippen LogP contribution is 2.34. The predicted octanol–water partition coefficient (Wildman–Crippen LogP) is 4.41. The highest BCUT2D eigenvalue weighted by atomic mass is 19.1. The van der Waals surface area contributed by atoms with E-state index >= 15 is 0 Å². The van der Waals surface area contributed by atoms with Crippen molar-refractivity contribution in [2.45, 2.75) is 6.92 Å². The molecular weight excluding hydrogens is 368 g/mol. The van der Waals surface area contributed by atoms with Gasteiger partial charge in [-0.15, -0.1) is 0 Å². The lowest BCUT2D eigenvalue weighted by molar-refractivity contribution is 0.567. The number of fused-ring (bicyclic) bond motifs is 4. The summed E-state index contributed by atoms with van der Waals surface area (Å²) in [6.45, 7) is 5.67. The van der Waals surface area contributed by atoms with Crippen LogP contribution < -0.4 is 10.4 Å². The van der Waals surface area contributed by atoms with Gasteiger partial charge < -0.3 is 4.57 Å². The molecule has 1 aliphatic heterocycles. The van der Waals surface area contributed by atoms with Gasteiger partial charge in [-0.2, -0.15) is 5.10 Å². The molecule has 3 nitrogen and oxygen atoms in total. The van der Waals surface area contributed by atoms with Crippen LogP contribution in [0.1, 0.15) is 6.92 Å². The van der Waals surface area contributed by atoms with Gasteiger partial charge in [0.1, 0.15) is 11.6 Å². The molecule has 0 bridgehead atoms. The number of hydrazone groups is 1. The number of aromatic nitrogens is 1. The number of rotatable bonds is 2. The predicted molar refractivity (Wildman–Crippen MR) is 114 cm³/mol. The number of nitrogens with zero attached hydrogens (tertiary/aromatic N) is 3. The molecule has 1 aliphatic rings. The topological polar surface area (TPSA) is 20.5 Å². The van der Waals surface area contributed by atoms with E-state index in [-0.39, 0.29) is 11.6 Å². The quantitative estimate of drug-likeness (QED) is 0.468. The van der Waals surface area contributed by atoms with Crippen molar-refractivity contribution in [2.75, 3.05) is 0 Å². The van der Waals surface area contributed by atoms with Crippen LogP contribution in [0.3, 0.4) is 0 Å². The van der Waals surface area contributed by atoms with Crippen LogP contribution in [0.25, 0.3) is 39.8 Å². The summed E-state index contributed by atoms with van der Waals surface area (Å²) in [5, 5.41) is 9.32. The molecule has 0 radical (unpaired) electrons. The van der Waals surface area contributed by atoms with Gasteiger partial charge >= 0.3 is 0 Å². The fraction of sp³-hybridized carbons (Fsp3) is 0.0417. The molecular formula is C24H17F2N3. The third-order valence-electron chi connectivity index (χ3n) is 5.34. The zero-order valence-corrected chi connectivity index (χ0v) is 15.7. The normalized spacial score (nSPS) is 15.1. The van der Waals surface area contributed by atoms with Gasteiger partial charge in [0.15, 0.2) is 0 Å². The third kappa shape index (κ3) is 2.66. The maximum Gasteiger partial charge on any atom is 0.123 e. The fourth-order valence-electron chi connectivity index (χ4n) is 4.01. The molecule has 0 amide bonds. The number of halogens is 2. The first-order valence-corrected chi connectivity index (χ1v) is 9.22. The molecule has 0 fully saturated rings. The van der Waals surface area contributed by atoms with Crippen molar-refractivity contribution in [1.82, 2.24) is 9.58 Å². The van der Waals surface area contributed by atoms with Crippen molar-refractivity contribution in [2.24, 2.45) is 5.10 Å². The Morgan fingerprint density at radius 2 is 1.45 bits per heavy atom. The molecule has 29 heavy (non-hydrogen) atoms. The van der Waals surface area contributed by atoms with Crippen molar-refractivity contribution in [3.05, 3.63) is 88.4 Å². The summed E-state index contributed by atoms with van der Waals surface area (Å²) in [6.07, 6.45) is 3.97. The summed E-state index contributed by atoms with van der Waals surface area (Å²) >= 11 is 0. The molecule has 5 rings (SSSR count). The maximum absolute atomic E-state index is 14.0. The Hall–Kier alpha value is -3.73. The van der Waals surface area contributed by atoms with Gasteiger partial charge in [-0.05, 0) is 54.6 Å². The fourth-order valence-corrected chi connectivity index (χ4v) is 4.01. The molecule has 2 heterocycles. The Kier molecular flexibility index (Phi) is 3.84. The van der Waals surface area contributed by atoms with E-state index in [2.05, 4.69) is 11.8 Å². The van der Waals surface area contributed by atoms with Crippen LogP contribution in [0, 0.1) is 11.6 Å². The Labute approximate surface area is 165 Å². The lowest BCUT2D eigenvalue weighted by Gasteiger charge is -2.22. The minimum Gasteiger partial charge on any atom is -0.311 e. The van der Waals surface area contributed by atoms with Gasteiger partial charge in [0.05, 0.1) is 16.7 Å². The van der Waals surface area contributed by atoms with Crippen molar-refractivity contribution in [3.63, 3.8) is 0 Å².